The highest BCUT2D eigenvalue weighted by molar-refractivity contribution is 6.39. The Morgan fingerprint density at radius 1 is 1.19 bits per heavy atom. The number of nitrogens with one attached hydrogen (secondary N) is 1. The number of nitrogens with zero attached hydrogens (tertiary/aromatic N) is 1. The number of hydrogen-bond acceptors (Lipinski definition) is 4. The molecule has 8 heteroatoms. The summed E-state index contributed by atoms with van der Waals surface area (Å²) in [6.07, 6.45) is 3.42. The molecular formula is C13H16Cl2N2O4. The first-order chi connectivity index (χ1) is 9.91. The van der Waals surface area contributed by atoms with E-state index in [-0.39, 0.29) is 22.2 Å². The predicted molar refractivity (Wildman–Crippen MR) is 82.3 cm³/mol. The summed E-state index contributed by atoms with van der Waals surface area (Å²) < 4.78 is 0. The van der Waals surface area contributed by atoms with Crippen LogP contribution in [-0.4, -0.2) is 22.5 Å². The average molecular weight is 335 g/mol. The maximum absolute atomic E-state index is 10.7. The first-order valence-electron chi connectivity index (χ1n) is 6.51. The van der Waals surface area contributed by atoms with Crippen LogP contribution in [0.2, 0.25) is 10.0 Å². The van der Waals surface area contributed by atoms with Crippen LogP contribution in [-0.2, 0) is 4.79 Å². The molecular weight excluding hydrogens is 319 g/mol. The summed E-state index contributed by atoms with van der Waals surface area (Å²) in [4.78, 5) is 20.4. The van der Waals surface area contributed by atoms with Crippen LogP contribution in [0.25, 0.3) is 0 Å². The van der Waals surface area contributed by atoms with Crippen molar-refractivity contribution < 1.29 is 14.8 Å². The van der Waals surface area contributed by atoms with Crippen molar-refractivity contribution in [2.75, 3.05) is 11.9 Å². The number of carboxylic acid groups (broad SMARTS) is 1. The molecule has 0 bridgehead atoms. The highest BCUT2D eigenvalue weighted by atomic mass is 35.5. The van der Waals surface area contributed by atoms with Crippen molar-refractivity contribution in [3.63, 3.8) is 0 Å². The number of carboxylic acids is 1. The van der Waals surface area contributed by atoms with Gasteiger partial charge in [-0.25, -0.2) is 0 Å². The zero-order valence-corrected chi connectivity index (χ0v) is 12.8. The van der Waals surface area contributed by atoms with Gasteiger partial charge in [0.15, 0.2) is 0 Å². The second-order valence-corrected chi connectivity index (χ2v) is 5.34. The third-order valence-corrected chi connectivity index (χ3v) is 3.45. The van der Waals surface area contributed by atoms with Crippen molar-refractivity contribution in [2.45, 2.75) is 32.1 Å². The van der Waals surface area contributed by atoms with Crippen molar-refractivity contribution in [3.8, 4) is 0 Å². The van der Waals surface area contributed by atoms with Crippen LogP contribution in [0.4, 0.5) is 11.4 Å². The summed E-state index contributed by atoms with van der Waals surface area (Å²) >= 11 is 11.9. The Bertz CT molecular complexity index is 500. The molecule has 0 unspecified atom stereocenters. The lowest BCUT2D eigenvalue weighted by molar-refractivity contribution is -0.384. The number of aliphatic carboxylic acids is 1. The van der Waals surface area contributed by atoms with Crippen molar-refractivity contribution in [1.29, 1.82) is 0 Å². The van der Waals surface area contributed by atoms with E-state index in [4.69, 9.17) is 28.3 Å². The van der Waals surface area contributed by atoms with E-state index < -0.39 is 10.9 Å². The van der Waals surface area contributed by atoms with Gasteiger partial charge in [0, 0.05) is 25.1 Å². The van der Waals surface area contributed by atoms with Gasteiger partial charge < -0.3 is 10.4 Å². The van der Waals surface area contributed by atoms with Crippen molar-refractivity contribution in [3.05, 3.63) is 32.3 Å². The van der Waals surface area contributed by atoms with Crippen LogP contribution in [0.1, 0.15) is 32.1 Å². The molecule has 116 valence electrons. The van der Waals surface area contributed by atoms with Gasteiger partial charge in [-0.1, -0.05) is 36.0 Å². The summed E-state index contributed by atoms with van der Waals surface area (Å²) in [5.41, 5.74) is 0.332. The maximum atomic E-state index is 10.7. The summed E-state index contributed by atoms with van der Waals surface area (Å²) in [5.74, 6) is -0.780. The Kier molecular flexibility index (Phi) is 7.25. The number of anilines is 1. The normalized spacial score (nSPS) is 10.4. The van der Waals surface area contributed by atoms with E-state index in [0.717, 1.165) is 19.3 Å². The van der Waals surface area contributed by atoms with Crippen LogP contribution in [0.3, 0.4) is 0 Å². The van der Waals surface area contributed by atoms with Crippen LogP contribution in [0.5, 0.6) is 0 Å². The molecule has 0 saturated heterocycles. The third kappa shape index (κ3) is 6.18. The number of nitro groups is 1. The quantitative estimate of drug-likeness (QED) is 0.398. The van der Waals surface area contributed by atoms with Gasteiger partial charge in [0.05, 0.1) is 20.7 Å². The number of benzene rings is 1. The molecule has 0 aliphatic rings. The molecule has 0 atom stereocenters. The fourth-order valence-corrected chi connectivity index (χ4v) is 2.41. The molecule has 21 heavy (non-hydrogen) atoms. The number of hydrogen-bond donors (Lipinski definition) is 2. The second-order valence-electron chi connectivity index (χ2n) is 4.53. The molecule has 2 N–H and O–H groups in total. The van der Waals surface area contributed by atoms with Crippen LogP contribution >= 0.6 is 23.2 Å². The molecule has 0 spiro atoms. The zero-order valence-electron chi connectivity index (χ0n) is 11.3. The topological polar surface area (TPSA) is 92.5 Å². The molecule has 0 radical (unpaired) electrons. The molecule has 0 aromatic heterocycles. The van der Waals surface area contributed by atoms with Gasteiger partial charge in [-0.15, -0.1) is 0 Å². The Morgan fingerprint density at radius 3 is 2.29 bits per heavy atom. The molecule has 0 saturated carbocycles. The smallest absolute Gasteiger partial charge is 0.303 e. The number of non-ortho nitro benzene ring substituents is 1. The molecule has 0 aliphatic heterocycles. The standard InChI is InChI=1S/C13H16Cl2N2O4/c14-10-7-9(17(20)21)8-11(15)13(10)16-6-4-2-1-3-5-12(18)19/h7-8,16H,1-6H2,(H,18,19). The summed E-state index contributed by atoms with van der Waals surface area (Å²) in [5, 5.41) is 22.6. The van der Waals surface area contributed by atoms with E-state index >= 15 is 0 Å². The first-order valence-corrected chi connectivity index (χ1v) is 7.26. The van der Waals surface area contributed by atoms with E-state index in [2.05, 4.69) is 5.32 Å². The van der Waals surface area contributed by atoms with Gasteiger partial charge in [-0.05, 0) is 12.8 Å². The summed E-state index contributed by atoms with van der Waals surface area (Å²) in [6, 6.07) is 2.51. The largest absolute Gasteiger partial charge is 0.481 e. The highest BCUT2D eigenvalue weighted by Gasteiger charge is 2.14. The SMILES string of the molecule is O=C(O)CCCCCCNc1c(Cl)cc([N+](=O)[O-])cc1Cl. The zero-order chi connectivity index (χ0) is 15.8. The van der Waals surface area contributed by atoms with Crippen LogP contribution in [0.15, 0.2) is 12.1 Å². The average Bonchev–Trinajstić information content (AvgIpc) is 2.39. The molecule has 0 amide bonds. The van der Waals surface area contributed by atoms with Gasteiger partial charge in [0.1, 0.15) is 0 Å². The van der Waals surface area contributed by atoms with E-state index in [0.29, 0.717) is 18.7 Å². The minimum Gasteiger partial charge on any atom is -0.481 e. The predicted octanol–water partition coefficient (Wildman–Crippen LogP) is 4.35. The molecule has 1 aromatic carbocycles. The first kappa shape index (κ1) is 17.5. The van der Waals surface area contributed by atoms with E-state index in [1.165, 1.54) is 12.1 Å². The number of rotatable bonds is 9. The van der Waals surface area contributed by atoms with Crippen molar-refractivity contribution >= 4 is 40.5 Å². The summed E-state index contributed by atoms with van der Waals surface area (Å²) in [6.45, 7) is 0.615. The second kappa shape index (κ2) is 8.69. The number of nitro benzene ring substituents is 1. The Balaban J connectivity index is 2.39. The molecule has 0 aliphatic carbocycles. The fraction of sp³-hybridized carbons (Fsp3) is 0.462. The van der Waals surface area contributed by atoms with Crippen LogP contribution in [0, 0.1) is 10.1 Å². The lowest BCUT2D eigenvalue weighted by Gasteiger charge is -2.10. The minimum absolute atomic E-state index is 0.149. The van der Waals surface area contributed by atoms with Gasteiger partial charge >= 0.3 is 5.97 Å². The van der Waals surface area contributed by atoms with Gasteiger partial charge in [-0.2, -0.15) is 0 Å². The van der Waals surface area contributed by atoms with E-state index in [1.54, 1.807) is 0 Å². The lowest BCUT2D eigenvalue weighted by Crippen LogP contribution is -2.03. The minimum atomic E-state index is -0.780. The van der Waals surface area contributed by atoms with Crippen LogP contribution < -0.4 is 5.32 Å². The van der Waals surface area contributed by atoms with E-state index in [1.807, 2.05) is 0 Å². The molecule has 0 heterocycles. The lowest BCUT2D eigenvalue weighted by atomic mass is 10.1. The fourth-order valence-electron chi connectivity index (χ4n) is 1.80. The molecule has 1 rings (SSSR count). The maximum Gasteiger partial charge on any atom is 0.303 e. The molecule has 1 aromatic rings. The van der Waals surface area contributed by atoms with Crippen molar-refractivity contribution in [1.82, 2.24) is 0 Å². The van der Waals surface area contributed by atoms with Crippen molar-refractivity contribution in [2.24, 2.45) is 0 Å². The Labute approximate surface area is 132 Å². The highest BCUT2D eigenvalue weighted by Crippen LogP contribution is 2.34. The monoisotopic (exact) mass is 334 g/mol. The Morgan fingerprint density at radius 2 is 1.76 bits per heavy atom. The third-order valence-electron chi connectivity index (χ3n) is 2.86. The number of unbranched alkanes of at least 4 members (excludes halogenated alkanes) is 3. The number of carbonyl (C=O) groups is 1. The molecule has 6 nitrogen and oxygen atoms in total. The Hall–Kier alpha value is -1.53. The summed E-state index contributed by atoms with van der Waals surface area (Å²) in [7, 11) is 0. The molecule has 0 fully saturated rings. The van der Waals surface area contributed by atoms with Gasteiger partial charge in [0.25, 0.3) is 5.69 Å². The van der Waals surface area contributed by atoms with Gasteiger partial charge in [-0.3, -0.25) is 14.9 Å². The number of halogens is 2. The van der Waals surface area contributed by atoms with Gasteiger partial charge in [0.2, 0.25) is 0 Å². The van der Waals surface area contributed by atoms with E-state index in [9.17, 15) is 14.9 Å².